The van der Waals surface area contributed by atoms with Crippen LogP contribution in [0.4, 0.5) is 9.59 Å². The summed E-state index contributed by atoms with van der Waals surface area (Å²) in [5, 5.41) is 6.28. The second kappa shape index (κ2) is 18.4. The van der Waals surface area contributed by atoms with E-state index in [4.69, 9.17) is 9.47 Å². The molecule has 256 valence electrons. The normalized spacial score (nSPS) is 19.0. The van der Waals surface area contributed by atoms with Crippen LogP contribution in [0.2, 0.25) is 0 Å². The van der Waals surface area contributed by atoms with Gasteiger partial charge in [0, 0.05) is 12.6 Å². The average Bonchev–Trinajstić information content (AvgIpc) is 2.99. The summed E-state index contributed by atoms with van der Waals surface area (Å²) in [6.07, 6.45) is 14.4. The Morgan fingerprint density at radius 3 is 1.67 bits per heavy atom. The highest BCUT2D eigenvalue weighted by Crippen LogP contribution is 2.46. The van der Waals surface area contributed by atoms with Gasteiger partial charge in [-0.3, -0.25) is 0 Å². The SMILES string of the molecule is CCCCc1cccc(OC(=O)NCC2(C)CC(NC(=O)Oc3cccc(CCCC)c3CCCC)CC(C)(C)C2)c1CCCC. The molecule has 46 heavy (non-hydrogen) atoms. The smallest absolute Gasteiger partial charge is 0.410 e. The second-order valence-electron chi connectivity index (χ2n) is 14.7. The van der Waals surface area contributed by atoms with Gasteiger partial charge in [-0.1, -0.05) is 98.4 Å². The van der Waals surface area contributed by atoms with Crippen molar-refractivity contribution < 1.29 is 19.1 Å². The molecule has 2 unspecified atom stereocenters. The van der Waals surface area contributed by atoms with Crippen molar-refractivity contribution in [2.45, 2.75) is 151 Å². The lowest BCUT2D eigenvalue weighted by molar-refractivity contribution is 0.0701. The van der Waals surface area contributed by atoms with Gasteiger partial charge in [0.25, 0.3) is 0 Å². The molecule has 1 fully saturated rings. The Bertz CT molecular complexity index is 1260. The summed E-state index contributed by atoms with van der Waals surface area (Å²) in [5.41, 5.74) is 4.68. The fraction of sp³-hybridized carbons (Fsp3) is 0.650. The maximum absolute atomic E-state index is 13.3. The number of carbonyl (C=O) groups excluding carboxylic acids is 2. The molecule has 0 radical (unpaired) electrons. The van der Waals surface area contributed by atoms with Crippen LogP contribution in [-0.4, -0.2) is 24.8 Å². The van der Waals surface area contributed by atoms with Crippen LogP contribution in [0.3, 0.4) is 0 Å². The van der Waals surface area contributed by atoms with Gasteiger partial charge < -0.3 is 20.1 Å². The van der Waals surface area contributed by atoms with Crippen LogP contribution < -0.4 is 20.1 Å². The molecule has 2 N–H and O–H groups in total. The van der Waals surface area contributed by atoms with Crippen LogP contribution in [0, 0.1) is 10.8 Å². The van der Waals surface area contributed by atoms with E-state index in [0.717, 1.165) is 102 Å². The number of unbranched alkanes of at least 4 members (excludes halogenated alkanes) is 4. The van der Waals surface area contributed by atoms with Gasteiger partial charge in [-0.05, 0) is 116 Å². The van der Waals surface area contributed by atoms with Crippen molar-refractivity contribution in [3.8, 4) is 11.5 Å². The maximum atomic E-state index is 13.3. The second-order valence-corrected chi connectivity index (χ2v) is 14.7. The predicted octanol–water partition coefficient (Wildman–Crippen LogP) is 10.5. The number of benzene rings is 2. The molecule has 2 atom stereocenters. The van der Waals surface area contributed by atoms with Crippen LogP contribution in [0.15, 0.2) is 36.4 Å². The average molecular weight is 635 g/mol. The summed E-state index contributed by atoms with van der Waals surface area (Å²) in [6.45, 7) is 15.9. The van der Waals surface area contributed by atoms with E-state index in [9.17, 15) is 9.59 Å². The molecule has 3 rings (SSSR count). The van der Waals surface area contributed by atoms with Crippen molar-refractivity contribution in [3.63, 3.8) is 0 Å². The van der Waals surface area contributed by atoms with Crippen LogP contribution in [0.25, 0.3) is 0 Å². The van der Waals surface area contributed by atoms with Gasteiger partial charge >= 0.3 is 12.2 Å². The largest absolute Gasteiger partial charge is 0.412 e. The zero-order valence-corrected chi connectivity index (χ0v) is 30.0. The molecule has 1 aliphatic rings. The van der Waals surface area contributed by atoms with Crippen LogP contribution in [-0.2, 0) is 25.7 Å². The molecule has 0 spiro atoms. The lowest BCUT2D eigenvalue weighted by Gasteiger charge is -2.46. The first-order valence-electron chi connectivity index (χ1n) is 18.2. The number of nitrogens with one attached hydrogen (secondary N) is 2. The van der Waals surface area contributed by atoms with E-state index in [-0.39, 0.29) is 16.9 Å². The van der Waals surface area contributed by atoms with Crippen molar-refractivity contribution in [1.29, 1.82) is 0 Å². The molecule has 2 aromatic carbocycles. The van der Waals surface area contributed by atoms with E-state index in [1.54, 1.807) is 0 Å². The van der Waals surface area contributed by atoms with Gasteiger partial charge in [-0.25, -0.2) is 9.59 Å². The molecular formula is C40H62N2O4. The van der Waals surface area contributed by atoms with Crippen LogP contribution in [0.5, 0.6) is 11.5 Å². The first kappa shape index (κ1) is 37.4. The van der Waals surface area contributed by atoms with Crippen molar-refractivity contribution in [1.82, 2.24) is 10.6 Å². The minimum atomic E-state index is -0.415. The quantitative estimate of drug-likeness (QED) is 0.181. The number of aryl methyl sites for hydroxylation is 2. The molecule has 0 heterocycles. The van der Waals surface area contributed by atoms with E-state index >= 15 is 0 Å². The Morgan fingerprint density at radius 2 is 1.17 bits per heavy atom. The Morgan fingerprint density at radius 1 is 0.696 bits per heavy atom. The van der Waals surface area contributed by atoms with Crippen molar-refractivity contribution in [2.24, 2.45) is 10.8 Å². The number of ether oxygens (including phenoxy) is 2. The van der Waals surface area contributed by atoms with Gasteiger partial charge in [0.15, 0.2) is 0 Å². The standard InChI is InChI=1S/C40H62N2O4/c1-8-12-18-30-20-16-24-35(33(30)22-14-10-3)45-37(43)41-29-40(7)27-32(26-39(5,6)28-40)42-38(44)46-36-25-17-21-31(19-13-9-2)34(36)23-15-11-4/h16-17,20-21,24-25,32H,8-15,18-19,22-23,26-29H2,1-7H3,(H,41,43)(H,42,44). The summed E-state index contributed by atoms with van der Waals surface area (Å²) < 4.78 is 11.9. The summed E-state index contributed by atoms with van der Waals surface area (Å²) in [5.74, 6) is 1.35. The number of carbonyl (C=O) groups is 2. The highest BCUT2D eigenvalue weighted by atomic mass is 16.6. The number of rotatable bonds is 17. The Balaban J connectivity index is 1.66. The predicted molar refractivity (Wildman–Crippen MR) is 190 cm³/mol. The Kier molecular flexibility index (Phi) is 14.9. The van der Waals surface area contributed by atoms with E-state index in [1.807, 2.05) is 24.3 Å². The van der Waals surface area contributed by atoms with Crippen LogP contribution in [0.1, 0.15) is 141 Å². The maximum Gasteiger partial charge on any atom is 0.412 e. The lowest BCUT2D eigenvalue weighted by Crippen LogP contribution is -2.51. The monoisotopic (exact) mass is 634 g/mol. The zero-order valence-electron chi connectivity index (χ0n) is 30.0. The summed E-state index contributed by atoms with van der Waals surface area (Å²) >= 11 is 0. The molecule has 0 saturated heterocycles. The Labute approximate surface area is 279 Å². The topological polar surface area (TPSA) is 76.7 Å². The molecule has 6 nitrogen and oxygen atoms in total. The van der Waals surface area contributed by atoms with Gasteiger partial charge in [0.2, 0.25) is 0 Å². The van der Waals surface area contributed by atoms with Crippen LogP contribution >= 0.6 is 0 Å². The van der Waals surface area contributed by atoms with Gasteiger partial charge in [0.1, 0.15) is 11.5 Å². The van der Waals surface area contributed by atoms with E-state index in [0.29, 0.717) is 18.0 Å². The minimum Gasteiger partial charge on any atom is -0.410 e. The molecule has 0 aromatic heterocycles. The minimum absolute atomic E-state index is 0.0101. The highest BCUT2D eigenvalue weighted by molar-refractivity contribution is 5.72. The molecule has 2 amide bonds. The number of hydrogen-bond donors (Lipinski definition) is 2. The summed E-state index contributed by atoms with van der Waals surface area (Å²) in [7, 11) is 0. The summed E-state index contributed by atoms with van der Waals surface area (Å²) in [4.78, 5) is 26.5. The zero-order chi connectivity index (χ0) is 33.6. The van der Waals surface area contributed by atoms with Gasteiger partial charge in [-0.2, -0.15) is 0 Å². The first-order chi connectivity index (χ1) is 22.0. The molecule has 0 bridgehead atoms. The Hall–Kier alpha value is -3.02. The number of amides is 2. The van der Waals surface area contributed by atoms with E-state index in [1.165, 1.54) is 16.7 Å². The fourth-order valence-corrected chi connectivity index (χ4v) is 7.48. The molecule has 6 heteroatoms. The molecule has 0 aliphatic heterocycles. The van der Waals surface area contributed by atoms with Crippen molar-refractivity contribution >= 4 is 12.2 Å². The third-order valence-electron chi connectivity index (χ3n) is 9.45. The van der Waals surface area contributed by atoms with Crippen molar-refractivity contribution in [3.05, 3.63) is 58.7 Å². The van der Waals surface area contributed by atoms with E-state index < -0.39 is 12.2 Å². The highest BCUT2D eigenvalue weighted by Gasteiger charge is 2.42. The first-order valence-corrected chi connectivity index (χ1v) is 18.2. The third-order valence-corrected chi connectivity index (χ3v) is 9.45. The van der Waals surface area contributed by atoms with Crippen molar-refractivity contribution in [2.75, 3.05) is 6.54 Å². The third kappa shape index (κ3) is 11.7. The van der Waals surface area contributed by atoms with Gasteiger partial charge in [0.05, 0.1) is 0 Å². The van der Waals surface area contributed by atoms with Gasteiger partial charge in [-0.15, -0.1) is 0 Å². The summed E-state index contributed by atoms with van der Waals surface area (Å²) in [6, 6.07) is 12.1. The molecule has 1 saturated carbocycles. The number of hydrogen-bond acceptors (Lipinski definition) is 4. The fourth-order valence-electron chi connectivity index (χ4n) is 7.48. The lowest BCUT2D eigenvalue weighted by atomic mass is 9.62. The van der Waals surface area contributed by atoms with E-state index in [2.05, 4.69) is 71.2 Å². The molecule has 1 aliphatic carbocycles. The molecule has 2 aromatic rings. The molecular weight excluding hydrogens is 572 g/mol.